The Kier molecular flexibility index (Phi) is 142. The second-order valence-corrected chi connectivity index (χ2v) is 1.25. The van der Waals surface area contributed by atoms with E-state index in [2.05, 4.69) is 0 Å². The van der Waals surface area contributed by atoms with Crippen LogP contribution in [0, 0.1) is 0 Å². The van der Waals surface area contributed by atoms with Crippen molar-refractivity contribution in [3.05, 3.63) is 0 Å². The standard InChI is InChI=1S/5CH2O3.Ba.Ca.Mg.Mn.Sr/c5*2-1(3)4;;;;;/h5*(H2,2,3,4);;;;;/q;;;;;5*+2/p-10. The summed E-state index contributed by atoms with van der Waals surface area (Å²) in [7, 11) is 0. The third-order valence-electron chi connectivity index (χ3n) is 0. The molecule has 0 aromatic rings. The predicted octanol–water partition coefficient (Wildman–Crippen LogP) is -13.8. The van der Waals surface area contributed by atoms with Crippen LogP contribution in [0.2, 0.25) is 0 Å². The minimum atomic E-state index is -2.33. The zero-order valence-electron chi connectivity index (χ0n) is 11.8. The molecule has 0 amide bonds. The largest absolute Gasteiger partial charge is 2.00 e. The molecule has 0 bridgehead atoms. The molecular formula is C5BaCaMgMnO15Sr. The normalized spacial score (nSPS) is 4.80. The van der Waals surface area contributed by atoms with Gasteiger partial charge in [-0.3, -0.25) is 0 Å². The van der Waals surface area contributed by atoms with E-state index in [1.807, 2.05) is 0 Å². The molecule has 0 fully saturated rings. The first kappa shape index (κ1) is 63.2. The minimum absolute atomic E-state index is 0. The van der Waals surface area contributed by atoms with Gasteiger partial charge < -0.3 is 75.0 Å². The van der Waals surface area contributed by atoms with Gasteiger partial charge in [0, 0.05) is 0 Å². The van der Waals surface area contributed by atoms with Crippen LogP contribution in [0.15, 0.2) is 0 Å². The molecule has 25 heavy (non-hydrogen) atoms. The Hall–Kier alpha value is 1.95. The summed E-state index contributed by atoms with van der Waals surface area (Å²) >= 11 is 0. The number of hydrogen-bond donors (Lipinski definition) is 0. The van der Waals surface area contributed by atoms with Crippen LogP contribution in [0.5, 0.6) is 0 Å². The number of carboxylic acid groups (broad SMARTS) is 10. The van der Waals surface area contributed by atoms with Gasteiger partial charge >= 0.3 is 172 Å². The molecule has 0 N–H and O–H groups in total. The van der Waals surface area contributed by atoms with Crippen molar-refractivity contribution in [2.24, 2.45) is 0 Å². The van der Waals surface area contributed by atoms with E-state index in [0.717, 1.165) is 0 Å². The zero-order valence-corrected chi connectivity index (χ0v) is 24.6. The van der Waals surface area contributed by atoms with Crippen molar-refractivity contribution in [3.8, 4) is 0 Å². The van der Waals surface area contributed by atoms with E-state index in [-0.39, 0.29) is 172 Å². The van der Waals surface area contributed by atoms with Crippen LogP contribution in [-0.4, -0.2) is 186 Å². The summed E-state index contributed by atoms with van der Waals surface area (Å²) in [5.41, 5.74) is 0. The summed E-state index contributed by atoms with van der Waals surface area (Å²) in [5.74, 6) is 0. The Labute approximate surface area is 272 Å². The van der Waals surface area contributed by atoms with Crippen LogP contribution < -0.4 is 51.1 Å². The Morgan fingerprint density at radius 1 is 0.440 bits per heavy atom. The summed E-state index contributed by atoms with van der Waals surface area (Å²) in [6, 6.07) is 0. The molecule has 0 aromatic heterocycles. The van der Waals surface area contributed by atoms with Crippen LogP contribution in [-0.2, 0) is 17.1 Å². The smallest absolute Gasteiger partial charge is 0.652 e. The molecule has 0 unspecified atom stereocenters. The number of hydrogen-bond acceptors (Lipinski definition) is 15. The van der Waals surface area contributed by atoms with Gasteiger partial charge in [0.05, 0.1) is 0 Å². The first-order valence-electron chi connectivity index (χ1n) is 3.06. The Morgan fingerprint density at radius 3 is 0.440 bits per heavy atom. The van der Waals surface area contributed by atoms with Crippen molar-refractivity contribution >= 4 is 186 Å². The van der Waals surface area contributed by atoms with Crippen LogP contribution in [0.25, 0.3) is 0 Å². The molecule has 1 radical (unpaired) electrons. The van der Waals surface area contributed by atoms with Gasteiger partial charge in [-0.1, -0.05) is 0 Å². The van der Waals surface area contributed by atoms with Gasteiger partial charge in [-0.25, -0.2) is 0 Å². The van der Waals surface area contributed by atoms with Crippen molar-refractivity contribution in [1.82, 2.24) is 0 Å². The Bertz CT molecular complexity index is 231. The van der Waals surface area contributed by atoms with Gasteiger partial charge in [-0.2, -0.15) is 0 Å². The molecule has 0 aromatic carbocycles. The Balaban J connectivity index is -0.0000000134. The van der Waals surface area contributed by atoms with Crippen molar-refractivity contribution in [1.29, 1.82) is 0 Å². The third-order valence-corrected chi connectivity index (χ3v) is 0. The molecule has 0 spiro atoms. The summed E-state index contributed by atoms with van der Waals surface area (Å²) in [4.78, 5) is 41.7. The van der Waals surface area contributed by atoms with E-state index in [1.54, 1.807) is 0 Å². The third kappa shape index (κ3) is 3920. The van der Waals surface area contributed by atoms with Gasteiger partial charge in [-0.15, -0.1) is 0 Å². The maximum absolute atomic E-state index is 8.33. The molecule has 0 rings (SSSR count). The number of carbonyl (C=O) groups excluding carboxylic acids is 5. The van der Waals surface area contributed by atoms with Crippen molar-refractivity contribution in [2.75, 3.05) is 0 Å². The molecule has 0 atom stereocenters. The van der Waals surface area contributed by atoms with Gasteiger partial charge in [0.2, 0.25) is 0 Å². The molecule has 0 heterocycles. The summed E-state index contributed by atoms with van der Waals surface area (Å²) < 4.78 is 0. The van der Waals surface area contributed by atoms with E-state index in [1.165, 1.54) is 0 Å². The monoisotopic (exact) mass is 645 g/mol. The van der Waals surface area contributed by atoms with Crippen molar-refractivity contribution in [3.63, 3.8) is 0 Å². The van der Waals surface area contributed by atoms with E-state index in [4.69, 9.17) is 75.0 Å². The molecule has 125 valence electrons. The van der Waals surface area contributed by atoms with Gasteiger partial charge in [0.25, 0.3) is 0 Å². The maximum Gasteiger partial charge on any atom is 2.00 e. The Morgan fingerprint density at radius 2 is 0.440 bits per heavy atom. The molecule has 0 saturated carbocycles. The SMILES string of the molecule is O=C([O-])[O-].O=C([O-])[O-].O=C([O-])[O-].O=C([O-])[O-].O=C([O-])[O-].[Ba+2].[Ca+2].[Mg+2].[Mn+2].[Sr+2]. The fourth-order valence-electron chi connectivity index (χ4n) is 0. The van der Waals surface area contributed by atoms with Crippen molar-refractivity contribution in [2.45, 2.75) is 0 Å². The minimum Gasteiger partial charge on any atom is -0.652 e. The molecule has 0 aliphatic heterocycles. The van der Waals surface area contributed by atoms with E-state index in [0.29, 0.717) is 0 Å². The average Bonchev–Trinajstić information content (AvgIpc) is 1.94. The fourth-order valence-corrected chi connectivity index (χ4v) is 0. The quantitative estimate of drug-likeness (QED) is 0.221. The van der Waals surface area contributed by atoms with Crippen LogP contribution in [0.4, 0.5) is 24.0 Å². The van der Waals surface area contributed by atoms with Gasteiger partial charge in [-0.05, 0) is 30.8 Å². The second kappa shape index (κ2) is 56.2. The van der Waals surface area contributed by atoms with Gasteiger partial charge in [0.1, 0.15) is 0 Å². The first-order valence-corrected chi connectivity index (χ1v) is 3.06. The summed E-state index contributed by atoms with van der Waals surface area (Å²) in [5, 5.41) is 83.3. The number of carbonyl (C=O) groups is 5. The topological polar surface area (TPSA) is 316 Å². The molecule has 0 aliphatic carbocycles. The van der Waals surface area contributed by atoms with E-state index in [9.17, 15) is 0 Å². The molecule has 15 nitrogen and oxygen atoms in total. The van der Waals surface area contributed by atoms with E-state index >= 15 is 0 Å². The molecule has 0 aliphatic rings. The summed E-state index contributed by atoms with van der Waals surface area (Å²) in [6.07, 6.45) is -11.7. The van der Waals surface area contributed by atoms with Crippen LogP contribution in [0.3, 0.4) is 0 Å². The van der Waals surface area contributed by atoms with E-state index < -0.39 is 30.8 Å². The maximum atomic E-state index is 8.33. The molecule has 20 heteroatoms. The molecule has 0 saturated heterocycles. The number of rotatable bonds is 0. The zero-order chi connectivity index (χ0) is 17.9. The first-order chi connectivity index (χ1) is 8.66. The second-order valence-electron chi connectivity index (χ2n) is 1.25. The van der Waals surface area contributed by atoms with Crippen LogP contribution in [0.1, 0.15) is 0 Å². The van der Waals surface area contributed by atoms with Crippen LogP contribution >= 0.6 is 0 Å². The predicted molar refractivity (Wildman–Crippen MR) is 50.0 cm³/mol. The van der Waals surface area contributed by atoms with Crippen molar-refractivity contribution < 1.29 is 92.1 Å². The summed E-state index contributed by atoms with van der Waals surface area (Å²) in [6.45, 7) is 0. The molecular weight excluding hydrogens is 644 g/mol. The average molecular weight is 644 g/mol. The fraction of sp³-hybridized carbons (Fsp3) is 0. The van der Waals surface area contributed by atoms with Gasteiger partial charge in [0.15, 0.2) is 0 Å².